The number of rotatable bonds is 3. The Bertz CT molecular complexity index is 361. The van der Waals surface area contributed by atoms with E-state index in [4.69, 9.17) is 0 Å². The van der Waals surface area contributed by atoms with E-state index < -0.39 is 0 Å². The number of nitrogens with zero attached hydrogens (tertiary/aromatic N) is 4. The number of hydrogen-bond donors (Lipinski definition) is 0. The Hall–Kier alpha value is -1.58. The Kier molecular flexibility index (Phi) is 2.12. The molecule has 0 bridgehead atoms. The summed E-state index contributed by atoms with van der Waals surface area (Å²) in [7, 11) is 0. The molecule has 2 aromatic heterocycles. The Labute approximate surface area is 76.9 Å². The molecule has 2 heterocycles. The lowest BCUT2D eigenvalue weighted by Gasteiger charge is -2.04. The maximum atomic E-state index is 4.10. The Morgan fingerprint density at radius 2 is 2.23 bits per heavy atom. The average Bonchev–Trinajstić information content (AvgIpc) is 2.76. The second-order valence-electron chi connectivity index (χ2n) is 2.91. The first-order chi connectivity index (χ1) is 6.40. The zero-order chi connectivity index (χ0) is 9.10. The monoisotopic (exact) mass is 176 g/mol. The molecule has 0 N–H and O–H groups in total. The van der Waals surface area contributed by atoms with E-state index in [1.165, 1.54) is 5.69 Å². The third-order valence-corrected chi connectivity index (χ3v) is 2.04. The van der Waals surface area contributed by atoms with Gasteiger partial charge in [0.05, 0.1) is 24.9 Å². The van der Waals surface area contributed by atoms with Crippen LogP contribution in [0, 0.1) is 0 Å². The Balaban J connectivity index is 2.18. The first kappa shape index (κ1) is 8.04. The van der Waals surface area contributed by atoms with Crippen LogP contribution in [-0.2, 0) is 13.1 Å². The molecule has 0 radical (unpaired) electrons. The summed E-state index contributed by atoms with van der Waals surface area (Å²) in [6.45, 7) is 3.91. The summed E-state index contributed by atoms with van der Waals surface area (Å²) in [6, 6.07) is 0. The second-order valence-corrected chi connectivity index (χ2v) is 2.91. The number of aryl methyl sites for hydroxylation is 1. The van der Waals surface area contributed by atoms with Crippen LogP contribution < -0.4 is 0 Å². The van der Waals surface area contributed by atoms with Crippen molar-refractivity contribution < 1.29 is 0 Å². The zero-order valence-corrected chi connectivity index (χ0v) is 7.59. The predicted molar refractivity (Wildman–Crippen MR) is 49.2 cm³/mol. The van der Waals surface area contributed by atoms with E-state index in [-0.39, 0.29) is 0 Å². The van der Waals surface area contributed by atoms with Crippen LogP contribution in [0.3, 0.4) is 0 Å². The van der Waals surface area contributed by atoms with Gasteiger partial charge < -0.3 is 9.13 Å². The van der Waals surface area contributed by atoms with E-state index >= 15 is 0 Å². The van der Waals surface area contributed by atoms with Crippen LogP contribution in [0.15, 0.2) is 31.2 Å². The van der Waals surface area contributed by atoms with Gasteiger partial charge in [0.25, 0.3) is 0 Å². The van der Waals surface area contributed by atoms with Gasteiger partial charge in [0.2, 0.25) is 0 Å². The lowest BCUT2D eigenvalue weighted by Crippen LogP contribution is -2.04. The van der Waals surface area contributed by atoms with Crippen LogP contribution in [0.1, 0.15) is 12.6 Å². The van der Waals surface area contributed by atoms with E-state index in [0.29, 0.717) is 0 Å². The molecule has 0 aliphatic rings. The lowest BCUT2D eigenvalue weighted by atomic mass is 10.4. The van der Waals surface area contributed by atoms with Crippen LogP contribution in [0.25, 0.3) is 0 Å². The molecule has 0 aromatic carbocycles. The number of imidazole rings is 2. The first-order valence-electron chi connectivity index (χ1n) is 4.35. The molecule has 0 aliphatic carbocycles. The van der Waals surface area contributed by atoms with Crippen molar-refractivity contribution in [2.45, 2.75) is 20.0 Å². The van der Waals surface area contributed by atoms with Gasteiger partial charge in [0.1, 0.15) is 0 Å². The van der Waals surface area contributed by atoms with E-state index in [1.807, 2.05) is 29.6 Å². The van der Waals surface area contributed by atoms with Crippen molar-refractivity contribution in [3.63, 3.8) is 0 Å². The molecular formula is C9H12N4. The van der Waals surface area contributed by atoms with Gasteiger partial charge in [0, 0.05) is 25.1 Å². The van der Waals surface area contributed by atoms with E-state index in [9.17, 15) is 0 Å². The smallest absolute Gasteiger partial charge is 0.0949 e. The normalized spacial score (nSPS) is 10.5. The van der Waals surface area contributed by atoms with Crippen molar-refractivity contribution in [1.29, 1.82) is 0 Å². The molecule has 2 rings (SSSR count). The fourth-order valence-corrected chi connectivity index (χ4v) is 1.33. The van der Waals surface area contributed by atoms with Gasteiger partial charge in [-0.1, -0.05) is 0 Å². The molecule has 2 aromatic rings. The summed E-state index contributed by atoms with van der Waals surface area (Å²) in [6.07, 6.45) is 9.29. The van der Waals surface area contributed by atoms with Crippen LogP contribution in [0.5, 0.6) is 0 Å². The van der Waals surface area contributed by atoms with Gasteiger partial charge >= 0.3 is 0 Å². The van der Waals surface area contributed by atoms with Gasteiger partial charge in [-0.3, -0.25) is 0 Å². The van der Waals surface area contributed by atoms with Crippen molar-refractivity contribution in [3.8, 4) is 0 Å². The minimum absolute atomic E-state index is 0.841. The minimum atomic E-state index is 0.841. The maximum absolute atomic E-state index is 4.10. The second kappa shape index (κ2) is 3.43. The van der Waals surface area contributed by atoms with Crippen LogP contribution >= 0.6 is 0 Å². The van der Waals surface area contributed by atoms with Gasteiger partial charge in [-0.2, -0.15) is 0 Å². The maximum Gasteiger partial charge on any atom is 0.0949 e. The molecule has 0 saturated carbocycles. The topological polar surface area (TPSA) is 35.6 Å². The first-order valence-corrected chi connectivity index (χ1v) is 4.35. The highest BCUT2D eigenvalue weighted by atomic mass is 15.1. The highest BCUT2D eigenvalue weighted by Crippen LogP contribution is 2.01. The molecule has 0 unspecified atom stereocenters. The van der Waals surface area contributed by atoms with Crippen molar-refractivity contribution in [2.24, 2.45) is 0 Å². The number of hydrogen-bond acceptors (Lipinski definition) is 2. The molecule has 0 amide bonds. The van der Waals surface area contributed by atoms with Gasteiger partial charge in [-0.15, -0.1) is 0 Å². The Morgan fingerprint density at radius 3 is 2.92 bits per heavy atom. The summed E-state index contributed by atoms with van der Waals surface area (Å²) in [5, 5.41) is 0. The minimum Gasteiger partial charge on any atom is -0.333 e. The molecule has 4 nitrogen and oxygen atoms in total. The Morgan fingerprint density at radius 1 is 1.31 bits per heavy atom. The van der Waals surface area contributed by atoms with Crippen molar-refractivity contribution >= 4 is 0 Å². The zero-order valence-electron chi connectivity index (χ0n) is 7.59. The average molecular weight is 176 g/mol. The van der Waals surface area contributed by atoms with Crippen molar-refractivity contribution in [2.75, 3.05) is 0 Å². The highest BCUT2D eigenvalue weighted by Gasteiger charge is 1.99. The van der Waals surface area contributed by atoms with Crippen LogP contribution in [-0.4, -0.2) is 19.1 Å². The van der Waals surface area contributed by atoms with Crippen molar-refractivity contribution in [3.05, 3.63) is 36.9 Å². The molecule has 0 saturated heterocycles. The summed E-state index contributed by atoms with van der Waals surface area (Å²) < 4.78 is 4.16. The fraction of sp³-hybridized carbons (Fsp3) is 0.333. The molecule has 68 valence electrons. The molecule has 0 aliphatic heterocycles. The summed E-state index contributed by atoms with van der Waals surface area (Å²) in [5.74, 6) is 0. The van der Waals surface area contributed by atoms with Gasteiger partial charge in [0.15, 0.2) is 0 Å². The molecule has 0 atom stereocenters. The summed E-state index contributed by atoms with van der Waals surface area (Å²) >= 11 is 0. The lowest BCUT2D eigenvalue weighted by molar-refractivity contribution is 0.668. The van der Waals surface area contributed by atoms with E-state index in [0.717, 1.165) is 13.1 Å². The largest absolute Gasteiger partial charge is 0.333 e. The highest BCUT2D eigenvalue weighted by molar-refractivity contribution is 4.99. The molecular weight excluding hydrogens is 164 g/mol. The third kappa shape index (κ3) is 1.61. The SMILES string of the molecule is CCn1cncc1Cn1ccnc1. The molecule has 0 spiro atoms. The van der Waals surface area contributed by atoms with Crippen molar-refractivity contribution in [1.82, 2.24) is 19.1 Å². The molecule has 4 heteroatoms. The standard InChI is InChI=1S/C9H12N4/c1-2-13-8-11-5-9(13)6-12-4-3-10-7-12/h3-5,7-8H,2,6H2,1H3. The fourth-order valence-electron chi connectivity index (χ4n) is 1.33. The van der Waals surface area contributed by atoms with Crippen LogP contribution in [0.2, 0.25) is 0 Å². The predicted octanol–water partition coefficient (Wildman–Crippen LogP) is 1.15. The molecule has 0 fully saturated rings. The summed E-state index contributed by atoms with van der Waals surface area (Å²) in [4.78, 5) is 8.09. The van der Waals surface area contributed by atoms with E-state index in [1.54, 1.807) is 6.20 Å². The van der Waals surface area contributed by atoms with Crippen LogP contribution in [0.4, 0.5) is 0 Å². The van der Waals surface area contributed by atoms with E-state index in [2.05, 4.69) is 21.5 Å². The van der Waals surface area contributed by atoms with Gasteiger partial charge in [-0.05, 0) is 6.92 Å². The quantitative estimate of drug-likeness (QED) is 0.703. The summed E-state index contributed by atoms with van der Waals surface area (Å²) in [5.41, 5.74) is 1.21. The van der Waals surface area contributed by atoms with Gasteiger partial charge in [-0.25, -0.2) is 9.97 Å². The third-order valence-electron chi connectivity index (χ3n) is 2.04. The number of aromatic nitrogens is 4. The molecule has 13 heavy (non-hydrogen) atoms.